The third-order valence-corrected chi connectivity index (χ3v) is 4.38. The molecule has 1 aromatic heterocycles. The summed E-state index contributed by atoms with van der Waals surface area (Å²) < 4.78 is 0. The molecule has 0 amide bonds. The molecule has 1 saturated carbocycles. The summed E-state index contributed by atoms with van der Waals surface area (Å²) in [5.41, 5.74) is 1.05. The number of thioether (sulfide) groups is 1. The van der Waals surface area contributed by atoms with Crippen LogP contribution in [0.2, 0.25) is 0 Å². The molecule has 0 saturated heterocycles. The Bertz CT molecular complexity index is 343. The molecule has 1 heterocycles. The quantitative estimate of drug-likeness (QED) is 0.819. The molecule has 88 valence electrons. The number of aromatic nitrogens is 2. The Balaban J connectivity index is 2.02. The van der Waals surface area contributed by atoms with E-state index >= 15 is 0 Å². The summed E-state index contributed by atoms with van der Waals surface area (Å²) in [5.74, 6) is 0. The Hall–Kier alpha value is -0.610. The topological polar surface area (TPSA) is 37.8 Å². The summed E-state index contributed by atoms with van der Waals surface area (Å²) in [4.78, 5) is 8.79. The highest BCUT2D eigenvalue weighted by Gasteiger charge is 2.25. The van der Waals surface area contributed by atoms with Crippen molar-refractivity contribution < 1.29 is 0 Å². The first-order chi connectivity index (χ1) is 7.79. The SMILES string of the molecule is CNC1CCCCC1Sc1nccc(C)n1. The number of aryl methyl sites for hydroxylation is 1. The van der Waals surface area contributed by atoms with Gasteiger partial charge in [-0.3, -0.25) is 0 Å². The number of nitrogens with one attached hydrogen (secondary N) is 1. The summed E-state index contributed by atoms with van der Waals surface area (Å²) in [6.45, 7) is 2.02. The molecule has 4 heteroatoms. The van der Waals surface area contributed by atoms with E-state index in [-0.39, 0.29) is 0 Å². The van der Waals surface area contributed by atoms with Crippen LogP contribution in [-0.4, -0.2) is 28.3 Å². The Morgan fingerprint density at radius 2 is 2.19 bits per heavy atom. The van der Waals surface area contributed by atoms with Crippen LogP contribution in [0.5, 0.6) is 0 Å². The lowest BCUT2D eigenvalue weighted by Gasteiger charge is -2.30. The predicted molar refractivity (Wildman–Crippen MR) is 67.7 cm³/mol. The van der Waals surface area contributed by atoms with Gasteiger partial charge in [0.2, 0.25) is 0 Å². The van der Waals surface area contributed by atoms with E-state index in [0.29, 0.717) is 11.3 Å². The second-order valence-corrected chi connectivity index (χ2v) is 5.52. The fraction of sp³-hybridized carbons (Fsp3) is 0.667. The van der Waals surface area contributed by atoms with Gasteiger partial charge in [0.1, 0.15) is 0 Å². The molecule has 1 N–H and O–H groups in total. The molecular weight excluding hydrogens is 218 g/mol. The van der Waals surface area contributed by atoms with Crippen molar-refractivity contribution in [2.24, 2.45) is 0 Å². The normalized spacial score (nSPS) is 25.6. The number of nitrogens with zero attached hydrogens (tertiary/aromatic N) is 2. The average molecular weight is 237 g/mol. The van der Waals surface area contributed by atoms with E-state index in [0.717, 1.165) is 10.9 Å². The fourth-order valence-corrected chi connectivity index (χ4v) is 3.50. The zero-order valence-corrected chi connectivity index (χ0v) is 10.8. The average Bonchev–Trinajstić information content (AvgIpc) is 2.30. The van der Waals surface area contributed by atoms with E-state index in [1.54, 1.807) is 0 Å². The Morgan fingerprint density at radius 3 is 2.94 bits per heavy atom. The van der Waals surface area contributed by atoms with Gasteiger partial charge in [0.15, 0.2) is 5.16 Å². The summed E-state index contributed by atoms with van der Waals surface area (Å²) in [5, 5.41) is 4.96. The van der Waals surface area contributed by atoms with Crippen LogP contribution in [0.3, 0.4) is 0 Å². The molecule has 3 nitrogen and oxygen atoms in total. The predicted octanol–water partition coefficient (Wildman–Crippen LogP) is 2.41. The monoisotopic (exact) mass is 237 g/mol. The fourth-order valence-electron chi connectivity index (χ4n) is 2.19. The smallest absolute Gasteiger partial charge is 0.188 e. The van der Waals surface area contributed by atoms with Crippen molar-refractivity contribution in [2.45, 2.75) is 49.1 Å². The van der Waals surface area contributed by atoms with E-state index in [9.17, 15) is 0 Å². The van der Waals surface area contributed by atoms with Crippen molar-refractivity contribution in [3.63, 3.8) is 0 Å². The molecule has 2 unspecified atom stereocenters. The molecule has 0 bridgehead atoms. The molecular formula is C12H19N3S. The molecule has 0 radical (unpaired) electrons. The lowest BCUT2D eigenvalue weighted by molar-refractivity contribution is 0.405. The maximum absolute atomic E-state index is 4.46. The van der Waals surface area contributed by atoms with Gasteiger partial charge in [-0.15, -0.1) is 0 Å². The number of hydrogen-bond acceptors (Lipinski definition) is 4. The van der Waals surface area contributed by atoms with Crippen molar-refractivity contribution in [3.05, 3.63) is 18.0 Å². The number of rotatable bonds is 3. The van der Waals surface area contributed by atoms with Crippen molar-refractivity contribution >= 4 is 11.8 Å². The third kappa shape index (κ3) is 2.95. The Kier molecular flexibility index (Phi) is 4.18. The molecule has 0 aliphatic heterocycles. The van der Waals surface area contributed by atoms with E-state index in [4.69, 9.17) is 0 Å². The summed E-state index contributed by atoms with van der Waals surface area (Å²) in [6, 6.07) is 2.56. The second kappa shape index (κ2) is 5.64. The van der Waals surface area contributed by atoms with Gasteiger partial charge < -0.3 is 5.32 Å². The minimum Gasteiger partial charge on any atom is -0.316 e. The highest BCUT2D eigenvalue weighted by Crippen LogP contribution is 2.31. The van der Waals surface area contributed by atoms with Gasteiger partial charge in [0, 0.05) is 23.2 Å². The molecule has 16 heavy (non-hydrogen) atoms. The maximum atomic E-state index is 4.46. The molecule has 1 aliphatic carbocycles. The summed E-state index contributed by atoms with van der Waals surface area (Å²) in [6.07, 6.45) is 7.08. The van der Waals surface area contributed by atoms with E-state index < -0.39 is 0 Å². The van der Waals surface area contributed by atoms with Crippen molar-refractivity contribution in [1.82, 2.24) is 15.3 Å². The highest BCUT2D eigenvalue weighted by atomic mass is 32.2. The van der Waals surface area contributed by atoms with Crippen LogP contribution in [0.15, 0.2) is 17.4 Å². The van der Waals surface area contributed by atoms with Gasteiger partial charge in [-0.1, -0.05) is 24.6 Å². The number of hydrogen-bond donors (Lipinski definition) is 1. The van der Waals surface area contributed by atoms with Gasteiger partial charge >= 0.3 is 0 Å². The van der Waals surface area contributed by atoms with Gasteiger partial charge in [0.05, 0.1) is 0 Å². The third-order valence-electron chi connectivity index (χ3n) is 3.10. The molecule has 2 atom stereocenters. The second-order valence-electron chi connectivity index (χ2n) is 4.32. The standard InChI is InChI=1S/C12H19N3S/c1-9-7-8-14-12(15-9)16-11-6-4-3-5-10(11)13-2/h7-8,10-11,13H,3-6H2,1-2H3. The largest absolute Gasteiger partial charge is 0.316 e. The minimum absolute atomic E-state index is 0.614. The Labute approximate surface area is 101 Å². The van der Waals surface area contributed by atoms with Crippen LogP contribution in [0.1, 0.15) is 31.4 Å². The minimum atomic E-state index is 0.614. The van der Waals surface area contributed by atoms with Gasteiger partial charge in [-0.25, -0.2) is 9.97 Å². The van der Waals surface area contributed by atoms with E-state index in [2.05, 4.69) is 22.3 Å². The van der Waals surface area contributed by atoms with Crippen molar-refractivity contribution in [3.8, 4) is 0 Å². The van der Waals surface area contributed by atoms with Gasteiger partial charge in [-0.05, 0) is 32.9 Å². The first kappa shape index (κ1) is 11.9. The molecule has 0 aromatic carbocycles. The van der Waals surface area contributed by atoms with Crippen LogP contribution >= 0.6 is 11.8 Å². The highest BCUT2D eigenvalue weighted by molar-refractivity contribution is 7.99. The van der Waals surface area contributed by atoms with Gasteiger partial charge in [0.25, 0.3) is 0 Å². The molecule has 0 spiro atoms. The summed E-state index contributed by atoms with van der Waals surface area (Å²) in [7, 11) is 2.06. The van der Waals surface area contributed by atoms with Crippen LogP contribution in [0, 0.1) is 6.92 Å². The first-order valence-corrected chi connectivity index (χ1v) is 6.81. The van der Waals surface area contributed by atoms with Crippen LogP contribution in [-0.2, 0) is 0 Å². The van der Waals surface area contributed by atoms with Crippen LogP contribution in [0.25, 0.3) is 0 Å². The molecule has 1 fully saturated rings. The Morgan fingerprint density at radius 1 is 1.38 bits per heavy atom. The van der Waals surface area contributed by atoms with Crippen molar-refractivity contribution in [1.29, 1.82) is 0 Å². The first-order valence-electron chi connectivity index (χ1n) is 5.93. The summed E-state index contributed by atoms with van der Waals surface area (Å²) >= 11 is 1.83. The van der Waals surface area contributed by atoms with Crippen molar-refractivity contribution in [2.75, 3.05) is 7.05 Å². The zero-order valence-electron chi connectivity index (χ0n) is 9.94. The lowest BCUT2D eigenvalue weighted by atomic mass is 9.95. The van der Waals surface area contributed by atoms with Crippen LogP contribution in [0.4, 0.5) is 0 Å². The maximum Gasteiger partial charge on any atom is 0.188 e. The van der Waals surface area contributed by atoms with Crippen LogP contribution < -0.4 is 5.32 Å². The molecule has 1 aromatic rings. The van der Waals surface area contributed by atoms with E-state index in [1.165, 1.54) is 25.7 Å². The van der Waals surface area contributed by atoms with Gasteiger partial charge in [-0.2, -0.15) is 0 Å². The van der Waals surface area contributed by atoms with E-state index in [1.807, 2.05) is 30.9 Å². The zero-order chi connectivity index (χ0) is 11.4. The lowest BCUT2D eigenvalue weighted by Crippen LogP contribution is -2.38. The molecule has 1 aliphatic rings. The molecule has 2 rings (SSSR count).